The van der Waals surface area contributed by atoms with Crippen LogP contribution in [0, 0.1) is 0 Å². The van der Waals surface area contributed by atoms with Crippen LogP contribution in [0.5, 0.6) is 11.5 Å². The highest BCUT2D eigenvalue weighted by Crippen LogP contribution is 2.44. The third kappa shape index (κ3) is 6.63. The Bertz CT molecular complexity index is 1540. The Hall–Kier alpha value is -4.50. The SMILES string of the molecule is COc1c(Cl)cc(-c2ccc(C(F)(F)F)cc2)c(OC)c1C(=O)NC(Cc1ccc(-c2ccccc2)cc1)C(=O)O. The molecule has 6 nitrogen and oxygen atoms in total. The second-order valence-electron chi connectivity index (χ2n) is 9.05. The van der Waals surface area contributed by atoms with Crippen LogP contribution in [0.1, 0.15) is 21.5 Å². The summed E-state index contributed by atoms with van der Waals surface area (Å²) >= 11 is 6.40. The molecule has 2 N–H and O–H groups in total. The number of alkyl halides is 3. The lowest BCUT2D eigenvalue weighted by Crippen LogP contribution is -2.42. The fraction of sp³-hybridized carbons (Fsp3) is 0.161. The number of carboxylic acids is 1. The second kappa shape index (κ2) is 12.3. The zero-order chi connectivity index (χ0) is 29.7. The molecule has 0 fully saturated rings. The van der Waals surface area contributed by atoms with E-state index in [0.717, 1.165) is 23.3 Å². The van der Waals surface area contributed by atoms with Gasteiger partial charge in [0.2, 0.25) is 0 Å². The quantitative estimate of drug-likeness (QED) is 0.219. The van der Waals surface area contributed by atoms with Crippen molar-refractivity contribution in [3.63, 3.8) is 0 Å². The smallest absolute Gasteiger partial charge is 0.416 e. The molecule has 41 heavy (non-hydrogen) atoms. The first-order chi connectivity index (χ1) is 19.5. The van der Waals surface area contributed by atoms with Gasteiger partial charge in [-0.25, -0.2) is 4.79 Å². The summed E-state index contributed by atoms with van der Waals surface area (Å²) in [5, 5.41) is 12.4. The molecule has 0 radical (unpaired) electrons. The number of amides is 1. The number of methoxy groups -OCH3 is 2. The van der Waals surface area contributed by atoms with Gasteiger partial charge in [0.1, 0.15) is 17.4 Å². The van der Waals surface area contributed by atoms with Gasteiger partial charge in [-0.15, -0.1) is 0 Å². The fourth-order valence-electron chi connectivity index (χ4n) is 4.42. The van der Waals surface area contributed by atoms with Gasteiger partial charge in [0.25, 0.3) is 5.91 Å². The summed E-state index contributed by atoms with van der Waals surface area (Å²) in [7, 11) is 2.55. The molecule has 0 aromatic heterocycles. The molecule has 1 unspecified atom stereocenters. The molecule has 0 heterocycles. The van der Waals surface area contributed by atoms with Crippen LogP contribution in [0.2, 0.25) is 5.02 Å². The average Bonchev–Trinajstić information content (AvgIpc) is 2.96. The van der Waals surface area contributed by atoms with Crippen LogP contribution >= 0.6 is 11.6 Å². The topological polar surface area (TPSA) is 84.9 Å². The van der Waals surface area contributed by atoms with Crippen molar-refractivity contribution in [3.8, 4) is 33.8 Å². The molecule has 4 aromatic carbocycles. The van der Waals surface area contributed by atoms with Gasteiger partial charge in [0.15, 0.2) is 5.75 Å². The minimum absolute atomic E-state index is 0.0169. The molecule has 0 aliphatic heterocycles. The summed E-state index contributed by atoms with van der Waals surface area (Å²) in [4.78, 5) is 25.7. The molecule has 4 rings (SSSR count). The molecule has 0 spiro atoms. The maximum atomic E-state index is 13.5. The number of hydrogen-bond acceptors (Lipinski definition) is 4. The van der Waals surface area contributed by atoms with Crippen molar-refractivity contribution in [1.29, 1.82) is 0 Å². The summed E-state index contributed by atoms with van der Waals surface area (Å²) in [6.07, 6.45) is -4.55. The van der Waals surface area contributed by atoms with Crippen LogP contribution in [-0.4, -0.2) is 37.2 Å². The Morgan fingerprint density at radius 2 is 1.41 bits per heavy atom. The molecule has 212 valence electrons. The molecule has 0 aliphatic carbocycles. The molecule has 1 atom stereocenters. The van der Waals surface area contributed by atoms with Gasteiger partial charge >= 0.3 is 12.1 Å². The van der Waals surface area contributed by atoms with Crippen LogP contribution in [-0.2, 0) is 17.4 Å². The van der Waals surface area contributed by atoms with E-state index in [1.807, 2.05) is 42.5 Å². The van der Waals surface area contributed by atoms with Crippen molar-refractivity contribution >= 4 is 23.5 Å². The van der Waals surface area contributed by atoms with E-state index in [0.29, 0.717) is 11.1 Å². The molecule has 1 amide bonds. The summed E-state index contributed by atoms with van der Waals surface area (Å²) in [5.41, 5.74) is 2.11. The number of halogens is 4. The first kappa shape index (κ1) is 29.5. The number of ether oxygens (including phenoxy) is 2. The number of hydrogen-bond donors (Lipinski definition) is 2. The van der Waals surface area contributed by atoms with E-state index in [4.69, 9.17) is 21.1 Å². The number of carbonyl (C=O) groups is 2. The highest BCUT2D eigenvalue weighted by Gasteiger charge is 2.31. The van der Waals surface area contributed by atoms with E-state index in [9.17, 15) is 27.9 Å². The van der Waals surface area contributed by atoms with Gasteiger partial charge in [0, 0.05) is 12.0 Å². The molecular weight excluding hydrogens is 559 g/mol. The summed E-state index contributed by atoms with van der Waals surface area (Å²) in [6, 6.07) is 21.3. The van der Waals surface area contributed by atoms with Crippen molar-refractivity contribution in [1.82, 2.24) is 5.32 Å². The van der Waals surface area contributed by atoms with Crippen LogP contribution in [0.25, 0.3) is 22.3 Å². The zero-order valence-electron chi connectivity index (χ0n) is 22.0. The van der Waals surface area contributed by atoms with E-state index < -0.39 is 29.7 Å². The summed E-state index contributed by atoms with van der Waals surface area (Å²) in [5.74, 6) is -2.23. The lowest BCUT2D eigenvalue weighted by Gasteiger charge is -2.21. The minimum Gasteiger partial charge on any atom is -0.495 e. The van der Waals surface area contributed by atoms with Gasteiger partial charge in [-0.3, -0.25) is 4.79 Å². The van der Waals surface area contributed by atoms with Crippen LogP contribution in [0.15, 0.2) is 84.9 Å². The number of benzene rings is 4. The Kier molecular flexibility index (Phi) is 8.88. The van der Waals surface area contributed by atoms with Gasteiger partial charge < -0.3 is 19.9 Å². The van der Waals surface area contributed by atoms with Crippen molar-refractivity contribution in [2.75, 3.05) is 14.2 Å². The third-order valence-corrected chi connectivity index (χ3v) is 6.73. The number of carbonyl (C=O) groups excluding carboxylic acids is 1. The Balaban J connectivity index is 1.65. The molecule has 0 saturated heterocycles. The van der Waals surface area contributed by atoms with Gasteiger partial charge in [-0.05, 0) is 40.5 Å². The van der Waals surface area contributed by atoms with E-state index in [2.05, 4.69) is 5.32 Å². The Morgan fingerprint density at radius 1 is 0.854 bits per heavy atom. The molecule has 10 heteroatoms. The average molecular weight is 584 g/mol. The van der Waals surface area contributed by atoms with Gasteiger partial charge in [-0.2, -0.15) is 13.2 Å². The first-order valence-corrected chi connectivity index (χ1v) is 12.7. The standard InChI is InChI=1S/C31H25ClF3NO5/c1-40-27-23(21-12-14-22(15-13-21)31(33,34)35)17-24(32)28(41-2)26(27)29(37)36-25(30(38)39)16-18-8-10-20(11-9-18)19-6-4-3-5-7-19/h3-15,17,25H,16H2,1-2H3,(H,36,37)(H,38,39). The first-order valence-electron chi connectivity index (χ1n) is 12.3. The van der Waals surface area contributed by atoms with Crippen LogP contribution in [0.4, 0.5) is 13.2 Å². The maximum Gasteiger partial charge on any atom is 0.416 e. The Labute approximate surface area is 239 Å². The molecule has 0 saturated carbocycles. The van der Waals surface area contributed by atoms with E-state index in [1.165, 1.54) is 32.4 Å². The molecule has 0 aliphatic rings. The largest absolute Gasteiger partial charge is 0.495 e. The van der Waals surface area contributed by atoms with Crippen molar-refractivity contribution < 1.29 is 37.3 Å². The molecule has 4 aromatic rings. The van der Waals surface area contributed by atoms with Crippen LogP contribution in [0.3, 0.4) is 0 Å². The fourth-order valence-corrected chi connectivity index (χ4v) is 4.70. The minimum atomic E-state index is -4.53. The van der Waals surface area contributed by atoms with Crippen molar-refractivity contribution in [3.05, 3.63) is 107 Å². The number of nitrogens with one attached hydrogen (secondary N) is 1. The van der Waals surface area contributed by atoms with E-state index in [1.54, 1.807) is 12.1 Å². The van der Waals surface area contributed by atoms with E-state index >= 15 is 0 Å². The van der Waals surface area contributed by atoms with Gasteiger partial charge in [0.05, 0.1) is 24.8 Å². The van der Waals surface area contributed by atoms with Crippen LogP contribution < -0.4 is 14.8 Å². The lowest BCUT2D eigenvalue weighted by atomic mass is 9.98. The monoisotopic (exact) mass is 583 g/mol. The number of rotatable bonds is 9. The van der Waals surface area contributed by atoms with E-state index in [-0.39, 0.29) is 34.1 Å². The lowest BCUT2D eigenvalue weighted by molar-refractivity contribution is -0.139. The summed E-state index contributed by atoms with van der Waals surface area (Å²) in [6.45, 7) is 0. The highest BCUT2D eigenvalue weighted by atomic mass is 35.5. The van der Waals surface area contributed by atoms with Crippen molar-refractivity contribution in [2.24, 2.45) is 0 Å². The Morgan fingerprint density at radius 3 is 1.95 bits per heavy atom. The predicted octanol–water partition coefficient (Wildman–Crippen LogP) is 7.14. The number of carboxylic acid groups (broad SMARTS) is 1. The third-order valence-electron chi connectivity index (χ3n) is 6.45. The number of aliphatic carboxylic acids is 1. The second-order valence-corrected chi connectivity index (χ2v) is 9.46. The van der Waals surface area contributed by atoms with Crippen molar-refractivity contribution in [2.45, 2.75) is 18.6 Å². The maximum absolute atomic E-state index is 13.5. The highest BCUT2D eigenvalue weighted by molar-refractivity contribution is 6.33. The molecular formula is C31H25ClF3NO5. The zero-order valence-corrected chi connectivity index (χ0v) is 22.7. The van der Waals surface area contributed by atoms with Gasteiger partial charge in [-0.1, -0.05) is 78.3 Å². The summed E-state index contributed by atoms with van der Waals surface area (Å²) < 4.78 is 50.1. The predicted molar refractivity (Wildman–Crippen MR) is 149 cm³/mol. The molecule has 0 bridgehead atoms. The normalized spacial score (nSPS) is 12.0.